The van der Waals surface area contributed by atoms with Crippen LogP contribution in [-0.2, 0) is 4.79 Å². The number of carbonyl (C=O) groups is 1. The lowest BCUT2D eigenvalue weighted by atomic mass is 9.91. The number of phenolic OH excluding ortho intramolecular Hbond substituents is 1. The highest BCUT2D eigenvalue weighted by atomic mass is 35.5. The van der Waals surface area contributed by atoms with E-state index in [1.54, 1.807) is 29.3 Å². The summed E-state index contributed by atoms with van der Waals surface area (Å²) in [4.78, 5) is 13.2. The molecule has 31 heavy (non-hydrogen) atoms. The zero-order chi connectivity index (χ0) is 22.0. The Labute approximate surface area is 192 Å². The Kier molecular flexibility index (Phi) is 6.70. The van der Waals surface area contributed by atoms with Gasteiger partial charge in [0.05, 0.1) is 16.8 Å². The highest BCUT2D eigenvalue weighted by Gasteiger charge is 2.40. The third kappa shape index (κ3) is 4.81. The van der Waals surface area contributed by atoms with E-state index in [1.165, 1.54) is 12.8 Å². The molecule has 1 amide bonds. The molecular weight excluding hydrogens is 435 g/mol. The van der Waals surface area contributed by atoms with Crippen molar-refractivity contribution in [2.24, 2.45) is 11.0 Å². The maximum atomic E-state index is 13.2. The lowest BCUT2D eigenvalue weighted by Crippen LogP contribution is -2.46. The summed E-state index contributed by atoms with van der Waals surface area (Å²) in [6.07, 6.45) is 4.53. The van der Waals surface area contributed by atoms with Crippen molar-refractivity contribution < 1.29 is 9.90 Å². The number of aromatic hydroxyl groups is 1. The molecule has 8 heteroatoms. The summed E-state index contributed by atoms with van der Waals surface area (Å²) in [7, 11) is 0. The average Bonchev–Trinajstić information content (AvgIpc) is 2.89. The van der Waals surface area contributed by atoms with Crippen molar-refractivity contribution in [3.63, 3.8) is 0 Å². The van der Waals surface area contributed by atoms with E-state index in [0.717, 1.165) is 31.5 Å². The Bertz CT molecular complexity index is 972. The van der Waals surface area contributed by atoms with Crippen molar-refractivity contribution in [2.75, 3.05) is 18.1 Å². The van der Waals surface area contributed by atoms with Gasteiger partial charge in [-0.15, -0.1) is 0 Å². The van der Waals surface area contributed by atoms with Crippen molar-refractivity contribution >= 4 is 40.5 Å². The van der Waals surface area contributed by atoms with Crippen LogP contribution in [0.1, 0.15) is 44.2 Å². The van der Waals surface area contributed by atoms with Gasteiger partial charge in [0.25, 0.3) is 5.91 Å². The molecule has 0 radical (unpaired) electrons. The Morgan fingerprint density at radius 3 is 2.39 bits per heavy atom. The fraction of sp³-hybridized carbons (Fsp3) is 0.391. The van der Waals surface area contributed by atoms with Crippen LogP contribution in [0.15, 0.2) is 47.6 Å². The number of halogens is 2. The van der Waals surface area contributed by atoms with Crippen molar-refractivity contribution in [1.29, 1.82) is 0 Å². The van der Waals surface area contributed by atoms with E-state index in [-0.39, 0.29) is 23.6 Å². The molecule has 0 saturated carbocycles. The Balaban J connectivity index is 1.66. The first-order valence-electron chi connectivity index (χ1n) is 10.6. The second-order valence-corrected chi connectivity index (χ2v) is 8.94. The molecule has 0 bridgehead atoms. The molecule has 4 rings (SSSR count). The molecule has 2 N–H and O–H groups in total. The van der Waals surface area contributed by atoms with Crippen LogP contribution < -0.4 is 10.4 Å². The molecule has 1 saturated heterocycles. The maximum absolute atomic E-state index is 13.2. The highest BCUT2D eigenvalue weighted by molar-refractivity contribution is 6.41. The highest BCUT2D eigenvalue weighted by Crippen LogP contribution is 2.42. The predicted molar refractivity (Wildman–Crippen MR) is 125 cm³/mol. The van der Waals surface area contributed by atoms with E-state index < -0.39 is 0 Å². The number of hydrogen-bond acceptors (Lipinski definition) is 5. The van der Waals surface area contributed by atoms with Gasteiger partial charge < -0.3 is 5.11 Å². The second-order valence-electron chi connectivity index (χ2n) is 8.09. The molecule has 164 valence electrons. The van der Waals surface area contributed by atoms with E-state index in [0.29, 0.717) is 21.4 Å². The summed E-state index contributed by atoms with van der Waals surface area (Å²) in [5, 5.41) is 19.2. The molecule has 2 atom stereocenters. The molecule has 2 aromatic carbocycles. The number of nitrogens with zero attached hydrogens (tertiary/aromatic N) is 3. The monoisotopic (exact) mass is 460 g/mol. The first-order valence-corrected chi connectivity index (χ1v) is 11.4. The quantitative estimate of drug-likeness (QED) is 0.660. The topological polar surface area (TPSA) is 68.2 Å². The normalized spacial score (nSPS) is 22.2. The Morgan fingerprint density at radius 1 is 1.06 bits per heavy atom. The number of benzene rings is 2. The van der Waals surface area contributed by atoms with Gasteiger partial charge in [-0.05, 0) is 48.7 Å². The van der Waals surface area contributed by atoms with Crippen LogP contribution in [0.2, 0.25) is 10.0 Å². The SMILES string of the molecule is C[C@@H]1C(C(=O)NN2CCCCCC2)=NN(c2ccc(Cl)cc2Cl)[C@H]1c1ccc(O)cc1. The number of amides is 1. The Hall–Kier alpha value is -2.28. The number of anilines is 1. The number of rotatable bonds is 4. The molecule has 0 spiro atoms. The minimum atomic E-state index is -0.246. The molecule has 2 aliphatic heterocycles. The fourth-order valence-electron chi connectivity index (χ4n) is 4.24. The molecular formula is C23H26Cl2N4O2. The first-order chi connectivity index (χ1) is 14.9. The number of carbonyl (C=O) groups excluding carboxylic acids is 1. The molecule has 6 nitrogen and oxygen atoms in total. The van der Waals surface area contributed by atoms with Gasteiger partial charge in [0, 0.05) is 24.0 Å². The lowest BCUT2D eigenvalue weighted by Gasteiger charge is -2.27. The largest absolute Gasteiger partial charge is 0.508 e. The summed E-state index contributed by atoms with van der Waals surface area (Å²) in [6, 6.07) is 12.0. The lowest BCUT2D eigenvalue weighted by molar-refractivity contribution is -0.119. The van der Waals surface area contributed by atoms with Gasteiger partial charge in [0.1, 0.15) is 11.5 Å². The number of hydrazine groups is 1. The van der Waals surface area contributed by atoms with Crippen LogP contribution in [-0.4, -0.2) is 34.8 Å². The zero-order valence-corrected chi connectivity index (χ0v) is 18.9. The van der Waals surface area contributed by atoms with Crippen LogP contribution in [0.25, 0.3) is 0 Å². The summed E-state index contributed by atoms with van der Waals surface area (Å²) in [6.45, 7) is 3.69. The van der Waals surface area contributed by atoms with Gasteiger partial charge in [0.15, 0.2) is 0 Å². The van der Waals surface area contributed by atoms with E-state index >= 15 is 0 Å². The van der Waals surface area contributed by atoms with E-state index in [1.807, 2.05) is 30.1 Å². The van der Waals surface area contributed by atoms with Crippen molar-refractivity contribution in [3.05, 3.63) is 58.1 Å². The second kappa shape index (κ2) is 9.47. The van der Waals surface area contributed by atoms with Crippen LogP contribution in [0.4, 0.5) is 5.69 Å². The van der Waals surface area contributed by atoms with Crippen LogP contribution in [0.3, 0.4) is 0 Å². The third-order valence-corrected chi connectivity index (χ3v) is 6.41. The molecule has 0 unspecified atom stereocenters. The molecule has 2 aliphatic rings. The van der Waals surface area contributed by atoms with Crippen molar-refractivity contribution in [1.82, 2.24) is 10.4 Å². The van der Waals surface area contributed by atoms with Gasteiger partial charge in [-0.3, -0.25) is 15.2 Å². The van der Waals surface area contributed by atoms with Gasteiger partial charge in [0.2, 0.25) is 0 Å². The van der Waals surface area contributed by atoms with Gasteiger partial charge in [-0.25, -0.2) is 5.01 Å². The molecule has 2 heterocycles. The molecule has 0 aromatic heterocycles. The van der Waals surface area contributed by atoms with Crippen molar-refractivity contribution in [2.45, 2.75) is 38.6 Å². The molecule has 1 fully saturated rings. The van der Waals surface area contributed by atoms with Crippen LogP contribution >= 0.6 is 23.2 Å². The third-order valence-electron chi connectivity index (χ3n) is 5.87. The fourth-order valence-corrected chi connectivity index (χ4v) is 4.73. The van der Waals surface area contributed by atoms with Gasteiger partial charge in [-0.2, -0.15) is 5.10 Å². The number of phenols is 1. The van der Waals surface area contributed by atoms with Crippen LogP contribution in [0, 0.1) is 5.92 Å². The standard InChI is InChI=1S/C23H26Cl2N4O2/c1-15-21(23(31)27-28-12-4-2-3-5-13-28)26-29(20-11-8-17(24)14-19(20)25)22(15)16-6-9-18(30)10-7-16/h6-11,14-15,22,30H,2-5,12-13H2,1H3,(H,27,31)/t15-,22-/m1/s1. The summed E-state index contributed by atoms with van der Waals surface area (Å²) >= 11 is 12.6. The van der Waals surface area contributed by atoms with Gasteiger partial charge in [-0.1, -0.05) is 55.1 Å². The van der Waals surface area contributed by atoms with Crippen LogP contribution in [0.5, 0.6) is 5.75 Å². The summed E-state index contributed by atoms with van der Waals surface area (Å²) in [5.41, 5.74) is 5.11. The molecule has 2 aromatic rings. The maximum Gasteiger partial charge on any atom is 0.282 e. The zero-order valence-electron chi connectivity index (χ0n) is 17.4. The number of hydrazone groups is 1. The summed E-state index contributed by atoms with van der Waals surface area (Å²) in [5.74, 6) is -0.195. The van der Waals surface area contributed by atoms with E-state index in [4.69, 9.17) is 28.3 Å². The predicted octanol–water partition coefficient (Wildman–Crippen LogP) is 5.16. The minimum Gasteiger partial charge on any atom is -0.508 e. The molecule has 0 aliphatic carbocycles. The van der Waals surface area contributed by atoms with Gasteiger partial charge >= 0.3 is 0 Å². The number of hydrogen-bond donors (Lipinski definition) is 2. The average molecular weight is 461 g/mol. The first kappa shape index (κ1) is 21.9. The van der Waals surface area contributed by atoms with Crippen molar-refractivity contribution in [3.8, 4) is 5.75 Å². The smallest absolute Gasteiger partial charge is 0.282 e. The number of nitrogens with one attached hydrogen (secondary N) is 1. The minimum absolute atomic E-state index is 0.186. The van der Waals surface area contributed by atoms with E-state index in [9.17, 15) is 9.90 Å². The van der Waals surface area contributed by atoms with E-state index in [2.05, 4.69) is 5.43 Å². The Morgan fingerprint density at radius 2 is 1.74 bits per heavy atom. The summed E-state index contributed by atoms with van der Waals surface area (Å²) < 4.78 is 0.